The number of para-hydroxylation sites is 1. The highest BCUT2D eigenvalue weighted by Gasteiger charge is 2.17. The number of carbonyl (C=O) groups excluding carboxylic acids is 1. The SMILES string of the molecule is CCN(CC)c1cc2nc(-c3ccccc3OC)[nH]c2cc1NC(=O)c1ccc(C)cc1. The summed E-state index contributed by atoms with van der Waals surface area (Å²) in [4.78, 5) is 23.4. The van der Waals surface area contributed by atoms with Gasteiger partial charge in [0.1, 0.15) is 11.6 Å². The summed E-state index contributed by atoms with van der Waals surface area (Å²) in [7, 11) is 1.65. The number of amides is 1. The number of nitrogens with zero attached hydrogens (tertiary/aromatic N) is 2. The van der Waals surface area contributed by atoms with Gasteiger partial charge in [0.2, 0.25) is 0 Å². The Balaban J connectivity index is 1.78. The number of rotatable bonds is 7. The number of ether oxygens (including phenoxy) is 1. The Morgan fingerprint density at radius 1 is 1.06 bits per heavy atom. The summed E-state index contributed by atoms with van der Waals surface area (Å²) in [5, 5.41) is 3.11. The fourth-order valence-corrected chi connectivity index (χ4v) is 3.84. The summed E-state index contributed by atoms with van der Waals surface area (Å²) < 4.78 is 5.50. The van der Waals surface area contributed by atoms with Gasteiger partial charge in [-0.05, 0) is 57.2 Å². The highest BCUT2D eigenvalue weighted by atomic mass is 16.5. The fourth-order valence-electron chi connectivity index (χ4n) is 3.84. The van der Waals surface area contributed by atoms with Crippen LogP contribution in [-0.4, -0.2) is 36.1 Å². The van der Waals surface area contributed by atoms with Gasteiger partial charge in [0.25, 0.3) is 5.91 Å². The van der Waals surface area contributed by atoms with E-state index in [2.05, 4.69) is 29.0 Å². The number of aromatic amines is 1. The Morgan fingerprint density at radius 3 is 2.47 bits per heavy atom. The minimum atomic E-state index is -0.137. The average Bonchev–Trinajstić information content (AvgIpc) is 3.23. The number of benzene rings is 3. The second-order valence-corrected chi connectivity index (χ2v) is 7.66. The molecule has 4 rings (SSSR count). The van der Waals surface area contributed by atoms with Crippen LogP contribution < -0.4 is 15.0 Å². The van der Waals surface area contributed by atoms with E-state index in [1.165, 1.54) is 0 Å². The maximum absolute atomic E-state index is 13.0. The molecule has 6 heteroatoms. The van der Waals surface area contributed by atoms with E-state index in [9.17, 15) is 4.79 Å². The molecule has 2 N–H and O–H groups in total. The molecule has 0 saturated heterocycles. The van der Waals surface area contributed by atoms with Gasteiger partial charge in [0.05, 0.1) is 35.1 Å². The number of aryl methyl sites for hydroxylation is 1. The molecule has 0 unspecified atom stereocenters. The Hall–Kier alpha value is -3.80. The molecule has 1 heterocycles. The van der Waals surface area contributed by atoms with Gasteiger partial charge >= 0.3 is 0 Å². The van der Waals surface area contributed by atoms with E-state index in [4.69, 9.17) is 9.72 Å². The molecular weight excluding hydrogens is 400 g/mol. The first-order valence-electron chi connectivity index (χ1n) is 10.8. The van der Waals surface area contributed by atoms with Crippen LogP contribution in [0.25, 0.3) is 22.4 Å². The standard InChI is InChI=1S/C26H28N4O2/c1-5-30(6-2)23-16-21-20(27-25(28-21)19-9-7-8-10-24(19)32-4)15-22(23)29-26(31)18-13-11-17(3)12-14-18/h7-16H,5-6H2,1-4H3,(H,27,28)(H,29,31). The van der Waals surface area contributed by atoms with Crippen molar-refractivity contribution in [2.24, 2.45) is 0 Å². The second kappa shape index (κ2) is 9.14. The molecule has 0 spiro atoms. The average molecular weight is 429 g/mol. The summed E-state index contributed by atoms with van der Waals surface area (Å²) in [5.74, 6) is 1.34. The van der Waals surface area contributed by atoms with Crippen molar-refractivity contribution in [1.29, 1.82) is 0 Å². The number of fused-ring (bicyclic) bond motifs is 1. The number of H-pyrrole nitrogens is 1. The third-order valence-electron chi connectivity index (χ3n) is 5.63. The number of carbonyl (C=O) groups is 1. The zero-order chi connectivity index (χ0) is 22.7. The lowest BCUT2D eigenvalue weighted by atomic mass is 10.1. The van der Waals surface area contributed by atoms with E-state index in [0.29, 0.717) is 5.56 Å². The molecule has 0 aliphatic heterocycles. The van der Waals surface area contributed by atoms with E-state index < -0.39 is 0 Å². The predicted octanol–water partition coefficient (Wildman–Crippen LogP) is 5.65. The topological polar surface area (TPSA) is 70.2 Å². The molecule has 0 aliphatic carbocycles. The number of aromatic nitrogens is 2. The van der Waals surface area contributed by atoms with Crippen LogP contribution in [0.4, 0.5) is 11.4 Å². The fraction of sp³-hybridized carbons (Fsp3) is 0.231. The van der Waals surface area contributed by atoms with Gasteiger partial charge in [-0.1, -0.05) is 29.8 Å². The summed E-state index contributed by atoms with van der Waals surface area (Å²) in [6, 6.07) is 19.3. The van der Waals surface area contributed by atoms with Crippen molar-refractivity contribution in [3.05, 3.63) is 71.8 Å². The summed E-state index contributed by atoms with van der Waals surface area (Å²) in [6.07, 6.45) is 0. The van der Waals surface area contributed by atoms with E-state index in [-0.39, 0.29) is 5.91 Å². The van der Waals surface area contributed by atoms with Crippen molar-refractivity contribution in [2.75, 3.05) is 30.4 Å². The number of hydrogen-bond donors (Lipinski definition) is 2. The molecule has 6 nitrogen and oxygen atoms in total. The Kier molecular flexibility index (Phi) is 6.12. The second-order valence-electron chi connectivity index (χ2n) is 7.66. The third-order valence-corrected chi connectivity index (χ3v) is 5.63. The van der Waals surface area contributed by atoms with Crippen LogP contribution in [0, 0.1) is 6.92 Å². The number of anilines is 2. The van der Waals surface area contributed by atoms with Crippen molar-refractivity contribution >= 4 is 28.3 Å². The minimum absolute atomic E-state index is 0.137. The first kappa shape index (κ1) is 21.4. The lowest BCUT2D eigenvalue weighted by Gasteiger charge is -2.24. The molecule has 0 radical (unpaired) electrons. The molecule has 164 valence electrons. The van der Waals surface area contributed by atoms with Crippen LogP contribution in [0.2, 0.25) is 0 Å². The molecule has 32 heavy (non-hydrogen) atoms. The quantitative estimate of drug-likeness (QED) is 0.399. The lowest BCUT2D eigenvalue weighted by Crippen LogP contribution is -2.24. The van der Waals surface area contributed by atoms with Gasteiger partial charge < -0.3 is 19.9 Å². The first-order valence-corrected chi connectivity index (χ1v) is 10.8. The van der Waals surface area contributed by atoms with Gasteiger partial charge in [-0.25, -0.2) is 4.98 Å². The number of hydrogen-bond acceptors (Lipinski definition) is 4. The van der Waals surface area contributed by atoms with E-state index in [1.807, 2.05) is 67.6 Å². The molecule has 1 amide bonds. The molecular formula is C26H28N4O2. The maximum atomic E-state index is 13.0. The normalized spacial score (nSPS) is 10.9. The van der Waals surface area contributed by atoms with Gasteiger partial charge in [0, 0.05) is 18.7 Å². The van der Waals surface area contributed by atoms with E-state index >= 15 is 0 Å². The monoisotopic (exact) mass is 428 g/mol. The number of methoxy groups -OCH3 is 1. The van der Waals surface area contributed by atoms with Crippen molar-refractivity contribution < 1.29 is 9.53 Å². The zero-order valence-electron chi connectivity index (χ0n) is 18.9. The van der Waals surface area contributed by atoms with Crippen molar-refractivity contribution in [1.82, 2.24) is 9.97 Å². The van der Waals surface area contributed by atoms with E-state index in [1.54, 1.807) is 7.11 Å². The molecule has 0 saturated carbocycles. The molecule has 1 aromatic heterocycles. The van der Waals surface area contributed by atoms with Crippen LogP contribution in [0.15, 0.2) is 60.7 Å². The molecule has 0 bridgehead atoms. The number of imidazole rings is 1. The van der Waals surface area contributed by atoms with Crippen molar-refractivity contribution in [3.63, 3.8) is 0 Å². The molecule has 0 aliphatic rings. The summed E-state index contributed by atoms with van der Waals surface area (Å²) in [5.41, 5.74) is 6.01. The first-order chi connectivity index (χ1) is 15.5. The van der Waals surface area contributed by atoms with Crippen LogP contribution in [0.5, 0.6) is 5.75 Å². The minimum Gasteiger partial charge on any atom is -0.496 e. The van der Waals surface area contributed by atoms with Gasteiger partial charge in [-0.3, -0.25) is 4.79 Å². The Labute approximate surface area is 188 Å². The van der Waals surface area contributed by atoms with Gasteiger partial charge in [-0.15, -0.1) is 0 Å². The Bertz CT molecular complexity index is 1240. The highest BCUT2D eigenvalue weighted by molar-refractivity contribution is 6.07. The van der Waals surface area contributed by atoms with Crippen LogP contribution in [-0.2, 0) is 0 Å². The molecule has 3 aromatic carbocycles. The zero-order valence-corrected chi connectivity index (χ0v) is 18.9. The lowest BCUT2D eigenvalue weighted by molar-refractivity contribution is 0.102. The van der Waals surface area contributed by atoms with Gasteiger partial charge in [-0.2, -0.15) is 0 Å². The summed E-state index contributed by atoms with van der Waals surface area (Å²) in [6.45, 7) is 7.85. The maximum Gasteiger partial charge on any atom is 0.255 e. The molecule has 0 atom stereocenters. The molecule has 0 fully saturated rings. The highest BCUT2D eigenvalue weighted by Crippen LogP contribution is 2.34. The van der Waals surface area contributed by atoms with Gasteiger partial charge in [0.15, 0.2) is 0 Å². The third kappa shape index (κ3) is 4.17. The van der Waals surface area contributed by atoms with Crippen molar-refractivity contribution in [2.45, 2.75) is 20.8 Å². The smallest absolute Gasteiger partial charge is 0.255 e. The number of nitrogens with one attached hydrogen (secondary N) is 2. The van der Waals surface area contributed by atoms with Crippen LogP contribution in [0.3, 0.4) is 0 Å². The van der Waals surface area contributed by atoms with Crippen LogP contribution in [0.1, 0.15) is 29.8 Å². The Morgan fingerprint density at radius 2 is 1.78 bits per heavy atom. The van der Waals surface area contributed by atoms with Crippen LogP contribution >= 0.6 is 0 Å². The van der Waals surface area contributed by atoms with E-state index in [0.717, 1.165) is 58.2 Å². The molecule has 4 aromatic rings. The summed E-state index contributed by atoms with van der Waals surface area (Å²) >= 11 is 0. The largest absolute Gasteiger partial charge is 0.496 e. The van der Waals surface area contributed by atoms with Crippen molar-refractivity contribution in [3.8, 4) is 17.1 Å². The predicted molar refractivity (Wildman–Crippen MR) is 131 cm³/mol.